The number of methoxy groups -OCH3 is 1. The summed E-state index contributed by atoms with van der Waals surface area (Å²) in [7, 11) is 1.45. The molecule has 4 nitrogen and oxygen atoms in total. The highest BCUT2D eigenvalue weighted by Gasteiger charge is 2.15. The lowest BCUT2D eigenvalue weighted by molar-refractivity contribution is 0.386. The van der Waals surface area contributed by atoms with Gasteiger partial charge >= 0.3 is 0 Å². The Hall–Kier alpha value is -1.98. The minimum atomic E-state index is -0.376. The molecule has 1 heterocycles. The molecule has 21 heavy (non-hydrogen) atoms. The van der Waals surface area contributed by atoms with Crippen molar-refractivity contribution >= 4 is 0 Å². The van der Waals surface area contributed by atoms with Gasteiger partial charge in [0.2, 0.25) is 0 Å². The molecule has 0 amide bonds. The Morgan fingerprint density at radius 1 is 1.33 bits per heavy atom. The van der Waals surface area contributed by atoms with Crippen LogP contribution < -0.4 is 16.0 Å². The van der Waals surface area contributed by atoms with E-state index >= 15 is 0 Å². The zero-order valence-corrected chi connectivity index (χ0v) is 12.5. The molecule has 0 aliphatic carbocycles. The van der Waals surface area contributed by atoms with E-state index in [1.165, 1.54) is 13.2 Å². The molecule has 2 aromatic rings. The number of aromatic nitrogens is 1. The van der Waals surface area contributed by atoms with Crippen molar-refractivity contribution in [2.45, 2.75) is 26.3 Å². The molecule has 0 aliphatic heterocycles. The van der Waals surface area contributed by atoms with Crippen molar-refractivity contribution in [2.75, 3.05) is 7.11 Å². The van der Waals surface area contributed by atoms with Crippen LogP contribution in [0.25, 0.3) is 0 Å². The van der Waals surface area contributed by atoms with Crippen molar-refractivity contribution in [3.8, 4) is 5.75 Å². The third-order valence-electron chi connectivity index (χ3n) is 3.44. The standard InChI is InChI=1S/C16H20FN3O/c1-10-6-11(2)16(19-9-10)14(20-18)8-12-4-5-15(21-3)13(17)7-12/h4-7,9,14,20H,8,18H2,1-3H3. The van der Waals surface area contributed by atoms with E-state index in [2.05, 4.69) is 16.5 Å². The van der Waals surface area contributed by atoms with Crippen molar-refractivity contribution in [2.24, 2.45) is 5.84 Å². The van der Waals surface area contributed by atoms with Gasteiger partial charge in [0, 0.05) is 6.20 Å². The number of benzene rings is 1. The zero-order chi connectivity index (χ0) is 15.4. The highest BCUT2D eigenvalue weighted by Crippen LogP contribution is 2.23. The van der Waals surface area contributed by atoms with Crippen LogP contribution in [0.3, 0.4) is 0 Å². The van der Waals surface area contributed by atoms with Crippen molar-refractivity contribution < 1.29 is 9.13 Å². The summed E-state index contributed by atoms with van der Waals surface area (Å²) in [5.74, 6) is 5.51. The number of pyridine rings is 1. The number of hydrogen-bond acceptors (Lipinski definition) is 4. The van der Waals surface area contributed by atoms with E-state index < -0.39 is 0 Å². The van der Waals surface area contributed by atoms with Crippen LogP contribution in [-0.2, 0) is 6.42 Å². The molecule has 112 valence electrons. The third-order valence-corrected chi connectivity index (χ3v) is 3.44. The van der Waals surface area contributed by atoms with E-state index in [0.29, 0.717) is 6.42 Å². The Morgan fingerprint density at radius 2 is 2.10 bits per heavy atom. The Bertz CT molecular complexity index is 631. The Kier molecular flexibility index (Phi) is 4.88. The highest BCUT2D eigenvalue weighted by atomic mass is 19.1. The van der Waals surface area contributed by atoms with Crippen LogP contribution in [-0.4, -0.2) is 12.1 Å². The monoisotopic (exact) mass is 289 g/mol. The van der Waals surface area contributed by atoms with Crippen LogP contribution in [0.1, 0.15) is 28.4 Å². The zero-order valence-electron chi connectivity index (χ0n) is 12.5. The average Bonchev–Trinajstić information content (AvgIpc) is 2.45. The van der Waals surface area contributed by atoms with Crippen LogP contribution in [0.15, 0.2) is 30.5 Å². The fraction of sp³-hybridized carbons (Fsp3) is 0.312. The number of nitrogens with two attached hydrogens (primary N) is 1. The molecule has 0 fully saturated rings. The topological polar surface area (TPSA) is 60.2 Å². The molecule has 5 heteroatoms. The van der Waals surface area contributed by atoms with Gasteiger partial charge < -0.3 is 4.74 Å². The lowest BCUT2D eigenvalue weighted by atomic mass is 9.99. The summed E-state index contributed by atoms with van der Waals surface area (Å²) < 4.78 is 18.7. The number of nitrogens with zero attached hydrogens (tertiary/aromatic N) is 1. The van der Waals surface area contributed by atoms with Gasteiger partial charge in [-0.15, -0.1) is 0 Å². The predicted octanol–water partition coefficient (Wildman–Crippen LogP) is 2.59. The fourth-order valence-corrected chi connectivity index (χ4v) is 2.40. The molecule has 1 unspecified atom stereocenters. The lowest BCUT2D eigenvalue weighted by Gasteiger charge is -2.18. The van der Waals surface area contributed by atoms with Crippen molar-refractivity contribution in [1.29, 1.82) is 0 Å². The molecule has 0 spiro atoms. The Labute approximate surface area is 124 Å². The number of nitrogens with one attached hydrogen (secondary N) is 1. The maximum atomic E-state index is 13.7. The fourth-order valence-electron chi connectivity index (χ4n) is 2.40. The number of rotatable bonds is 5. The van der Waals surface area contributed by atoms with E-state index in [1.54, 1.807) is 12.3 Å². The van der Waals surface area contributed by atoms with Crippen LogP contribution in [0, 0.1) is 19.7 Å². The molecule has 0 saturated heterocycles. The second-order valence-corrected chi connectivity index (χ2v) is 5.11. The molecule has 0 saturated carbocycles. The second-order valence-electron chi connectivity index (χ2n) is 5.11. The maximum Gasteiger partial charge on any atom is 0.165 e. The van der Waals surface area contributed by atoms with Crippen molar-refractivity contribution in [1.82, 2.24) is 10.4 Å². The van der Waals surface area contributed by atoms with Gasteiger partial charge in [-0.05, 0) is 49.1 Å². The molecular weight excluding hydrogens is 269 g/mol. The number of aryl methyl sites for hydroxylation is 2. The summed E-state index contributed by atoms with van der Waals surface area (Å²) in [4.78, 5) is 4.44. The summed E-state index contributed by atoms with van der Waals surface area (Å²) in [5.41, 5.74) is 6.63. The lowest BCUT2D eigenvalue weighted by Crippen LogP contribution is -2.31. The summed E-state index contributed by atoms with van der Waals surface area (Å²) in [6.07, 6.45) is 2.36. The van der Waals surface area contributed by atoms with E-state index in [1.807, 2.05) is 19.9 Å². The summed E-state index contributed by atoms with van der Waals surface area (Å²) >= 11 is 0. The molecule has 2 rings (SSSR count). The van der Waals surface area contributed by atoms with Crippen LogP contribution in [0.5, 0.6) is 5.75 Å². The minimum Gasteiger partial charge on any atom is -0.494 e. The summed E-state index contributed by atoms with van der Waals surface area (Å²) in [6.45, 7) is 3.99. The normalized spacial score (nSPS) is 12.2. The molecule has 1 atom stereocenters. The molecule has 0 aliphatic rings. The van der Waals surface area contributed by atoms with Gasteiger partial charge in [0.15, 0.2) is 11.6 Å². The van der Waals surface area contributed by atoms with Crippen LogP contribution in [0.2, 0.25) is 0 Å². The predicted molar refractivity (Wildman–Crippen MR) is 80.4 cm³/mol. The SMILES string of the molecule is COc1ccc(CC(NN)c2ncc(C)cc2C)cc1F. The maximum absolute atomic E-state index is 13.7. The van der Waals surface area contributed by atoms with Gasteiger partial charge in [0.1, 0.15) is 0 Å². The van der Waals surface area contributed by atoms with E-state index in [-0.39, 0.29) is 17.6 Å². The Morgan fingerprint density at radius 3 is 2.67 bits per heavy atom. The largest absolute Gasteiger partial charge is 0.494 e. The molecule has 1 aromatic carbocycles. The highest BCUT2D eigenvalue weighted by molar-refractivity contribution is 5.32. The molecule has 0 radical (unpaired) electrons. The van der Waals surface area contributed by atoms with Gasteiger partial charge in [-0.1, -0.05) is 12.1 Å². The van der Waals surface area contributed by atoms with Crippen LogP contribution >= 0.6 is 0 Å². The number of ether oxygens (including phenoxy) is 1. The first-order valence-corrected chi connectivity index (χ1v) is 6.77. The Balaban J connectivity index is 2.24. The van der Waals surface area contributed by atoms with Crippen molar-refractivity contribution in [3.63, 3.8) is 0 Å². The van der Waals surface area contributed by atoms with E-state index in [0.717, 1.165) is 22.4 Å². The minimum absolute atomic E-state index is 0.168. The molecule has 1 aromatic heterocycles. The first-order chi connectivity index (χ1) is 10.0. The van der Waals surface area contributed by atoms with Gasteiger partial charge in [-0.25, -0.2) is 4.39 Å². The van der Waals surface area contributed by atoms with Gasteiger partial charge in [0.25, 0.3) is 0 Å². The second kappa shape index (κ2) is 6.65. The number of halogens is 1. The summed E-state index contributed by atoms with van der Waals surface area (Å²) in [5, 5.41) is 0. The number of hydrogen-bond donors (Lipinski definition) is 2. The molecular formula is C16H20FN3O. The molecule has 0 bridgehead atoms. The smallest absolute Gasteiger partial charge is 0.165 e. The van der Waals surface area contributed by atoms with Crippen LogP contribution in [0.4, 0.5) is 4.39 Å². The average molecular weight is 289 g/mol. The first kappa shape index (κ1) is 15.4. The van der Waals surface area contributed by atoms with E-state index in [4.69, 9.17) is 10.6 Å². The van der Waals surface area contributed by atoms with Gasteiger partial charge in [-0.2, -0.15) is 0 Å². The first-order valence-electron chi connectivity index (χ1n) is 6.77. The third kappa shape index (κ3) is 3.56. The van der Waals surface area contributed by atoms with E-state index in [9.17, 15) is 4.39 Å². The van der Waals surface area contributed by atoms with Gasteiger partial charge in [-0.3, -0.25) is 16.3 Å². The number of hydrazine groups is 1. The summed E-state index contributed by atoms with van der Waals surface area (Å²) in [6, 6.07) is 6.80. The quantitative estimate of drug-likeness (QED) is 0.656. The molecule has 3 N–H and O–H groups in total. The van der Waals surface area contributed by atoms with Crippen molar-refractivity contribution in [3.05, 3.63) is 58.7 Å². The van der Waals surface area contributed by atoms with Gasteiger partial charge in [0.05, 0.1) is 18.8 Å².